The van der Waals surface area contributed by atoms with Gasteiger partial charge >= 0.3 is 6.03 Å². The van der Waals surface area contributed by atoms with Crippen molar-refractivity contribution >= 4 is 34.7 Å². The second-order valence-electron chi connectivity index (χ2n) is 8.05. The first-order chi connectivity index (χ1) is 15.1. The van der Waals surface area contributed by atoms with E-state index in [9.17, 15) is 19.2 Å². The van der Waals surface area contributed by atoms with E-state index in [1.807, 2.05) is 30.3 Å². The third kappa shape index (κ3) is 10.7. The molecule has 1 aromatic carbocycles. The summed E-state index contributed by atoms with van der Waals surface area (Å²) in [5.41, 5.74) is 0.890. The minimum Gasteiger partial charge on any atom is -0.357 e. The summed E-state index contributed by atoms with van der Waals surface area (Å²) >= 11 is 1.17. The Morgan fingerprint density at radius 1 is 0.969 bits per heavy atom. The van der Waals surface area contributed by atoms with E-state index >= 15 is 0 Å². The van der Waals surface area contributed by atoms with Crippen molar-refractivity contribution < 1.29 is 19.2 Å². The number of rotatable bonds is 12. The smallest absolute Gasteiger partial charge is 0.318 e. The van der Waals surface area contributed by atoms with E-state index in [1.54, 1.807) is 11.8 Å². The molecule has 0 fully saturated rings. The van der Waals surface area contributed by atoms with Crippen molar-refractivity contribution in [1.29, 1.82) is 0 Å². The average molecular weight is 465 g/mol. The Kier molecular flexibility index (Phi) is 12.5. The Labute approximate surface area is 195 Å². The predicted molar refractivity (Wildman–Crippen MR) is 128 cm³/mol. The van der Waals surface area contributed by atoms with Gasteiger partial charge in [0.2, 0.25) is 11.8 Å². The zero-order valence-electron chi connectivity index (χ0n) is 19.6. The van der Waals surface area contributed by atoms with E-state index in [2.05, 4.69) is 29.8 Å². The van der Waals surface area contributed by atoms with Gasteiger partial charge in [-0.1, -0.05) is 55.9 Å². The summed E-state index contributed by atoms with van der Waals surface area (Å²) in [6.07, 6.45) is 1.10. The molecule has 9 heteroatoms. The van der Waals surface area contributed by atoms with Crippen LogP contribution in [-0.4, -0.2) is 65.8 Å². The molecule has 0 bridgehead atoms. The van der Waals surface area contributed by atoms with Crippen molar-refractivity contribution in [2.45, 2.75) is 52.6 Å². The maximum atomic E-state index is 13.1. The molecule has 0 aliphatic carbocycles. The summed E-state index contributed by atoms with van der Waals surface area (Å²) in [6.45, 7) is 8.16. The van der Waals surface area contributed by atoms with Gasteiger partial charge in [-0.25, -0.2) is 4.79 Å². The molecule has 32 heavy (non-hydrogen) atoms. The second kappa shape index (κ2) is 14.5. The fourth-order valence-electron chi connectivity index (χ4n) is 2.92. The molecule has 0 spiro atoms. The first-order valence-corrected chi connectivity index (χ1v) is 11.9. The van der Waals surface area contributed by atoms with Crippen LogP contribution in [0.4, 0.5) is 4.79 Å². The number of likely N-dealkylation sites (N-methyl/N-ethyl adjacent to an activating group) is 1. The van der Waals surface area contributed by atoms with Crippen molar-refractivity contribution in [2.24, 2.45) is 5.92 Å². The Bertz CT molecular complexity index is 758. The van der Waals surface area contributed by atoms with E-state index in [0.717, 1.165) is 12.0 Å². The maximum absolute atomic E-state index is 13.1. The molecule has 178 valence electrons. The number of amides is 4. The molecule has 8 nitrogen and oxygen atoms in total. The lowest BCUT2D eigenvalue weighted by Gasteiger charge is -2.27. The summed E-state index contributed by atoms with van der Waals surface area (Å²) in [4.78, 5) is 50.8. The quantitative estimate of drug-likeness (QED) is 0.440. The van der Waals surface area contributed by atoms with Crippen LogP contribution in [0.5, 0.6) is 0 Å². The Balaban J connectivity index is 2.96. The van der Waals surface area contributed by atoms with Gasteiger partial charge in [-0.05, 0) is 24.8 Å². The summed E-state index contributed by atoms with van der Waals surface area (Å²) < 4.78 is 0. The number of urea groups is 1. The fraction of sp³-hybridized carbons (Fsp3) is 0.565. The van der Waals surface area contributed by atoms with E-state index < -0.39 is 18.0 Å². The molecule has 0 saturated carbocycles. The highest BCUT2D eigenvalue weighted by Gasteiger charge is 2.26. The lowest BCUT2D eigenvalue weighted by atomic mass is 10.0. The molecule has 1 aromatic rings. The monoisotopic (exact) mass is 464 g/mol. The van der Waals surface area contributed by atoms with Crippen molar-refractivity contribution in [3.63, 3.8) is 0 Å². The highest BCUT2D eigenvalue weighted by molar-refractivity contribution is 8.13. The van der Waals surface area contributed by atoms with Crippen LogP contribution in [0.3, 0.4) is 0 Å². The number of thioether (sulfide) groups is 1. The third-order valence-electron chi connectivity index (χ3n) is 4.83. The number of nitrogens with one attached hydrogen (secondary N) is 3. The van der Waals surface area contributed by atoms with Gasteiger partial charge in [0.05, 0.1) is 0 Å². The summed E-state index contributed by atoms with van der Waals surface area (Å²) in [5.74, 6) is 0.148. The van der Waals surface area contributed by atoms with E-state index in [0.29, 0.717) is 31.2 Å². The maximum Gasteiger partial charge on any atom is 0.318 e. The molecule has 0 radical (unpaired) electrons. The Hall–Kier alpha value is -2.55. The van der Waals surface area contributed by atoms with E-state index in [4.69, 9.17) is 0 Å². The molecule has 0 aliphatic heterocycles. The number of hydrogen-bond donors (Lipinski definition) is 3. The molecule has 2 unspecified atom stereocenters. The van der Waals surface area contributed by atoms with E-state index in [-0.39, 0.29) is 17.1 Å². The van der Waals surface area contributed by atoms with Gasteiger partial charge in [0.15, 0.2) is 5.12 Å². The molecule has 0 aliphatic rings. The second-order valence-corrected chi connectivity index (χ2v) is 9.32. The largest absolute Gasteiger partial charge is 0.357 e. The molecule has 4 amide bonds. The molecular formula is C23H36N4O4S. The fourth-order valence-corrected chi connectivity index (χ4v) is 3.52. The van der Waals surface area contributed by atoms with Crippen LogP contribution in [0.25, 0.3) is 0 Å². The third-order valence-corrected chi connectivity index (χ3v) is 5.62. The van der Waals surface area contributed by atoms with Crippen LogP contribution in [0.15, 0.2) is 30.3 Å². The normalized spacial score (nSPS) is 12.6. The molecule has 3 N–H and O–H groups in total. The van der Waals surface area contributed by atoms with Gasteiger partial charge in [0.25, 0.3) is 0 Å². The van der Waals surface area contributed by atoms with Crippen LogP contribution >= 0.6 is 11.8 Å². The lowest BCUT2D eigenvalue weighted by Crippen LogP contribution is -2.55. The molecular weight excluding hydrogens is 428 g/mol. The standard InChI is InChI=1S/C23H36N4O4S/c1-16(2)11-12-27(13-14-32-18(4)28)23(31)26-20(15-19-9-7-6-8-10-19)22(30)25-17(3)21(29)24-5/h6-10,16-17,20H,11-15H2,1-5H3,(H,24,29)(H,25,30)(H,26,31). The molecule has 0 aromatic heterocycles. The highest BCUT2D eigenvalue weighted by Crippen LogP contribution is 2.09. The highest BCUT2D eigenvalue weighted by atomic mass is 32.2. The van der Waals surface area contributed by atoms with Crippen molar-refractivity contribution in [2.75, 3.05) is 25.9 Å². The lowest BCUT2D eigenvalue weighted by molar-refractivity contribution is -0.129. The minimum absolute atomic E-state index is 0.00117. The van der Waals surface area contributed by atoms with Gasteiger partial charge in [-0.15, -0.1) is 0 Å². The van der Waals surface area contributed by atoms with Gasteiger partial charge in [-0.3, -0.25) is 14.4 Å². The predicted octanol–water partition coefficient (Wildman–Crippen LogP) is 2.19. The van der Waals surface area contributed by atoms with Gasteiger partial charge < -0.3 is 20.9 Å². The summed E-state index contributed by atoms with van der Waals surface area (Å²) in [7, 11) is 1.50. The number of hydrogen-bond acceptors (Lipinski definition) is 5. The Morgan fingerprint density at radius 2 is 1.62 bits per heavy atom. The van der Waals surface area contributed by atoms with Crippen LogP contribution in [0.1, 0.15) is 39.7 Å². The van der Waals surface area contributed by atoms with Crippen LogP contribution < -0.4 is 16.0 Å². The number of carbonyl (C=O) groups excluding carboxylic acids is 4. The summed E-state index contributed by atoms with van der Waals surface area (Å²) in [5, 5.41) is 8.01. The van der Waals surface area contributed by atoms with Crippen molar-refractivity contribution in [1.82, 2.24) is 20.9 Å². The number of nitrogens with zero attached hydrogens (tertiary/aromatic N) is 1. The molecule has 2 atom stereocenters. The minimum atomic E-state index is -0.848. The van der Waals surface area contributed by atoms with Gasteiger partial charge in [-0.2, -0.15) is 0 Å². The molecule has 1 rings (SSSR count). The van der Waals surface area contributed by atoms with Gasteiger partial charge in [0, 0.05) is 39.2 Å². The average Bonchev–Trinajstić information content (AvgIpc) is 2.75. The number of benzene rings is 1. The SMILES string of the molecule is CNC(=O)C(C)NC(=O)C(Cc1ccccc1)NC(=O)N(CCSC(C)=O)CCC(C)C. The molecule has 0 heterocycles. The first kappa shape index (κ1) is 27.5. The van der Waals surface area contributed by atoms with Crippen molar-refractivity contribution in [3.05, 3.63) is 35.9 Å². The summed E-state index contributed by atoms with van der Waals surface area (Å²) in [6, 6.07) is 7.44. The van der Waals surface area contributed by atoms with Crippen LogP contribution in [-0.2, 0) is 20.8 Å². The van der Waals surface area contributed by atoms with Crippen LogP contribution in [0.2, 0.25) is 0 Å². The molecule has 0 saturated heterocycles. The van der Waals surface area contributed by atoms with Crippen LogP contribution in [0, 0.1) is 5.92 Å². The zero-order valence-corrected chi connectivity index (χ0v) is 20.5. The number of carbonyl (C=O) groups is 4. The van der Waals surface area contributed by atoms with E-state index in [1.165, 1.54) is 25.7 Å². The van der Waals surface area contributed by atoms with Crippen molar-refractivity contribution in [3.8, 4) is 0 Å². The zero-order chi connectivity index (χ0) is 24.1. The Morgan fingerprint density at radius 3 is 2.19 bits per heavy atom. The topological polar surface area (TPSA) is 108 Å². The van der Waals surface area contributed by atoms with Gasteiger partial charge in [0.1, 0.15) is 12.1 Å². The first-order valence-electron chi connectivity index (χ1n) is 10.9.